The maximum Gasteiger partial charge on any atom is 0.220 e. The lowest BCUT2D eigenvalue weighted by Crippen LogP contribution is -2.32. The Morgan fingerprint density at radius 1 is 1.47 bits per heavy atom. The van der Waals surface area contributed by atoms with Crippen molar-refractivity contribution in [2.75, 3.05) is 0 Å². The van der Waals surface area contributed by atoms with Gasteiger partial charge in [0, 0.05) is 6.42 Å². The first kappa shape index (κ1) is 12.4. The Morgan fingerprint density at radius 3 is 2.88 bits per heavy atom. The smallest absolute Gasteiger partial charge is 0.220 e. The number of alkyl halides is 1. The molecule has 2 unspecified atom stereocenters. The number of fused-ring (bicyclic) bond motifs is 1. The number of carbonyl (C=O) groups is 1. The monoisotopic (exact) mass is 251 g/mol. The van der Waals surface area contributed by atoms with Gasteiger partial charge in [0.25, 0.3) is 0 Å². The molecule has 92 valence electrons. The van der Waals surface area contributed by atoms with Crippen LogP contribution in [-0.2, 0) is 11.2 Å². The molecule has 0 saturated carbocycles. The van der Waals surface area contributed by atoms with Gasteiger partial charge in [-0.25, -0.2) is 0 Å². The highest BCUT2D eigenvalue weighted by Crippen LogP contribution is 2.34. The lowest BCUT2D eigenvalue weighted by Gasteiger charge is -2.18. The first-order valence-corrected chi connectivity index (χ1v) is 6.53. The Labute approximate surface area is 107 Å². The Bertz CT molecular complexity index is 416. The van der Waals surface area contributed by atoms with Crippen LogP contribution in [0, 0.1) is 5.92 Å². The van der Waals surface area contributed by atoms with Crippen LogP contribution in [0.15, 0.2) is 24.3 Å². The predicted molar refractivity (Wildman–Crippen MR) is 70.1 cm³/mol. The maximum absolute atomic E-state index is 11.8. The van der Waals surface area contributed by atoms with Crippen LogP contribution in [0.5, 0.6) is 0 Å². The fourth-order valence-electron chi connectivity index (χ4n) is 2.32. The van der Waals surface area contributed by atoms with Gasteiger partial charge >= 0.3 is 0 Å². The Hall–Kier alpha value is -1.02. The normalized spacial score (nSPS) is 22.6. The minimum absolute atomic E-state index is 0.0245. The fourth-order valence-corrected chi connectivity index (χ4v) is 2.68. The Balaban J connectivity index is 2.09. The van der Waals surface area contributed by atoms with Gasteiger partial charge in [-0.1, -0.05) is 38.1 Å². The van der Waals surface area contributed by atoms with E-state index >= 15 is 0 Å². The first-order valence-electron chi connectivity index (χ1n) is 6.09. The molecule has 0 fully saturated rings. The quantitative estimate of drug-likeness (QED) is 0.822. The molecule has 1 N–H and O–H groups in total. The summed E-state index contributed by atoms with van der Waals surface area (Å²) in [6.45, 7) is 4.08. The third kappa shape index (κ3) is 2.81. The SMILES string of the molecule is CC(C)CC(=O)NC1c2ccccc2CC1Cl. The standard InChI is InChI=1S/C14H18ClNO/c1-9(2)7-13(17)16-14-11-6-4-3-5-10(11)8-12(14)15/h3-6,9,12,14H,7-8H2,1-2H3,(H,16,17). The zero-order valence-corrected chi connectivity index (χ0v) is 11.0. The summed E-state index contributed by atoms with van der Waals surface area (Å²) < 4.78 is 0. The van der Waals surface area contributed by atoms with Crippen molar-refractivity contribution >= 4 is 17.5 Å². The van der Waals surface area contributed by atoms with Crippen molar-refractivity contribution in [2.24, 2.45) is 5.92 Å². The summed E-state index contributed by atoms with van der Waals surface area (Å²) in [5.74, 6) is 0.466. The molecule has 0 heterocycles. The molecule has 2 atom stereocenters. The zero-order valence-electron chi connectivity index (χ0n) is 10.2. The van der Waals surface area contributed by atoms with E-state index in [2.05, 4.69) is 17.4 Å². The van der Waals surface area contributed by atoms with Gasteiger partial charge in [-0.2, -0.15) is 0 Å². The van der Waals surface area contributed by atoms with Gasteiger partial charge in [0.05, 0.1) is 11.4 Å². The zero-order chi connectivity index (χ0) is 12.4. The maximum atomic E-state index is 11.8. The average molecular weight is 252 g/mol. The van der Waals surface area contributed by atoms with E-state index < -0.39 is 0 Å². The molecule has 3 heteroatoms. The highest BCUT2D eigenvalue weighted by Gasteiger charge is 2.31. The summed E-state index contributed by atoms with van der Waals surface area (Å²) in [6, 6.07) is 8.12. The van der Waals surface area contributed by atoms with Crippen molar-refractivity contribution in [1.82, 2.24) is 5.32 Å². The van der Waals surface area contributed by atoms with Crippen molar-refractivity contribution in [3.05, 3.63) is 35.4 Å². The van der Waals surface area contributed by atoms with Crippen LogP contribution in [0.2, 0.25) is 0 Å². The second kappa shape index (κ2) is 5.09. The summed E-state index contributed by atoms with van der Waals surface area (Å²) >= 11 is 6.31. The number of hydrogen-bond acceptors (Lipinski definition) is 1. The predicted octanol–water partition coefficient (Wildman–Crippen LogP) is 3.05. The molecule has 1 aromatic carbocycles. The molecular weight excluding hydrogens is 234 g/mol. The summed E-state index contributed by atoms with van der Waals surface area (Å²) in [5.41, 5.74) is 2.42. The third-order valence-electron chi connectivity index (χ3n) is 3.08. The van der Waals surface area contributed by atoms with Crippen molar-refractivity contribution in [3.63, 3.8) is 0 Å². The second-order valence-corrected chi connectivity index (χ2v) is 5.62. The molecule has 1 amide bonds. The van der Waals surface area contributed by atoms with Gasteiger partial charge in [0.1, 0.15) is 0 Å². The minimum Gasteiger partial charge on any atom is -0.348 e. The molecule has 0 aliphatic heterocycles. The van der Waals surface area contributed by atoms with E-state index in [1.807, 2.05) is 26.0 Å². The second-order valence-electron chi connectivity index (χ2n) is 5.06. The van der Waals surface area contributed by atoms with Crippen LogP contribution in [0.25, 0.3) is 0 Å². The van der Waals surface area contributed by atoms with Crippen LogP contribution in [-0.4, -0.2) is 11.3 Å². The summed E-state index contributed by atoms with van der Waals surface area (Å²) in [5, 5.41) is 3.02. The van der Waals surface area contributed by atoms with Gasteiger partial charge in [0.15, 0.2) is 0 Å². The molecule has 17 heavy (non-hydrogen) atoms. The molecule has 1 aliphatic carbocycles. The molecule has 0 aromatic heterocycles. The number of halogens is 1. The molecule has 0 radical (unpaired) electrons. The van der Waals surface area contributed by atoms with Crippen molar-refractivity contribution in [3.8, 4) is 0 Å². The van der Waals surface area contributed by atoms with Gasteiger partial charge in [-0.05, 0) is 23.5 Å². The van der Waals surface area contributed by atoms with Gasteiger partial charge in [-0.15, -0.1) is 11.6 Å². The molecule has 1 aromatic rings. The molecule has 0 saturated heterocycles. The van der Waals surface area contributed by atoms with Crippen LogP contribution in [0.4, 0.5) is 0 Å². The minimum atomic E-state index is -0.0286. The number of carbonyl (C=O) groups excluding carboxylic acids is 1. The average Bonchev–Trinajstić information content (AvgIpc) is 2.55. The van der Waals surface area contributed by atoms with Gasteiger partial charge < -0.3 is 5.32 Å². The van der Waals surface area contributed by atoms with Gasteiger partial charge in [-0.3, -0.25) is 4.79 Å². The van der Waals surface area contributed by atoms with E-state index in [1.165, 1.54) is 11.1 Å². The summed E-state index contributed by atoms with van der Waals surface area (Å²) in [6.07, 6.45) is 1.40. The molecule has 2 nitrogen and oxygen atoms in total. The highest BCUT2D eigenvalue weighted by atomic mass is 35.5. The van der Waals surface area contributed by atoms with Crippen LogP contribution in [0.1, 0.15) is 37.4 Å². The van der Waals surface area contributed by atoms with Crippen LogP contribution < -0.4 is 5.32 Å². The van der Waals surface area contributed by atoms with Crippen LogP contribution in [0.3, 0.4) is 0 Å². The lowest BCUT2D eigenvalue weighted by molar-refractivity contribution is -0.122. The largest absolute Gasteiger partial charge is 0.348 e. The van der Waals surface area contributed by atoms with E-state index in [0.717, 1.165) is 6.42 Å². The summed E-state index contributed by atoms with van der Waals surface area (Å²) in [7, 11) is 0. The Kier molecular flexibility index (Phi) is 3.72. The number of benzene rings is 1. The Morgan fingerprint density at radius 2 is 2.18 bits per heavy atom. The van der Waals surface area contributed by atoms with Crippen LogP contribution >= 0.6 is 11.6 Å². The first-order chi connectivity index (χ1) is 8.08. The molecular formula is C14H18ClNO. The number of hydrogen-bond donors (Lipinski definition) is 1. The fraction of sp³-hybridized carbons (Fsp3) is 0.500. The number of nitrogens with one attached hydrogen (secondary N) is 1. The topological polar surface area (TPSA) is 29.1 Å². The van der Waals surface area contributed by atoms with E-state index in [4.69, 9.17) is 11.6 Å². The van der Waals surface area contributed by atoms with Crippen molar-refractivity contribution < 1.29 is 4.79 Å². The van der Waals surface area contributed by atoms with E-state index in [0.29, 0.717) is 12.3 Å². The van der Waals surface area contributed by atoms with E-state index in [9.17, 15) is 4.79 Å². The molecule has 1 aliphatic rings. The van der Waals surface area contributed by atoms with Crippen molar-refractivity contribution in [1.29, 1.82) is 0 Å². The van der Waals surface area contributed by atoms with Crippen molar-refractivity contribution in [2.45, 2.75) is 38.1 Å². The summed E-state index contributed by atoms with van der Waals surface area (Å²) in [4.78, 5) is 11.8. The molecule has 0 bridgehead atoms. The van der Waals surface area contributed by atoms with E-state index in [-0.39, 0.29) is 17.3 Å². The molecule has 2 rings (SSSR count). The molecule has 0 spiro atoms. The lowest BCUT2D eigenvalue weighted by atomic mass is 10.1. The number of amides is 1. The van der Waals surface area contributed by atoms with E-state index in [1.54, 1.807) is 0 Å². The number of rotatable bonds is 3. The third-order valence-corrected chi connectivity index (χ3v) is 3.48. The van der Waals surface area contributed by atoms with Gasteiger partial charge in [0.2, 0.25) is 5.91 Å². The highest BCUT2D eigenvalue weighted by molar-refractivity contribution is 6.21.